The fourth-order valence-electron chi connectivity index (χ4n) is 2.35. The Morgan fingerprint density at radius 3 is 2.15 bits per heavy atom. The van der Waals surface area contributed by atoms with Crippen LogP contribution in [0.3, 0.4) is 0 Å². The zero-order chi connectivity index (χ0) is 15.1. The maximum atomic E-state index is 5.39. The van der Waals surface area contributed by atoms with Crippen LogP contribution in [0.5, 0.6) is 11.5 Å². The van der Waals surface area contributed by atoms with Crippen LogP contribution in [0.2, 0.25) is 0 Å². The van der Waals surface area contributed by atoms with Gasteiger partial charge in [0.1, 0.15) is 0 Å². The summed E-state index contributed by atoms with van der Waals surface area (Å²) in [5.41, 5.74) is 1.25. The fraction of sp³-hybridized carbons (Fsp3) is 0.647. The van der Waals surface area contributed by atoms with Crippen molar-refractivity contribution in [3.05, 3.63) is 23.8 Å². The summed E-state index contributed by atoms with van der Waals surface area (Å²) in [5, 5.41) is 3.73. The van der Waals surface area contributed by atoms with Crippen LogP contribution in [0.15, 0.2) is 18.2 Å². The second-order valence-electron chi connectivity index (χ2n) is 5.42. The van der Waals surface area contributed by atoms with Crippen molar-refractivity contribution in [1.82, 2.24) is 5.32 Å². The van der Waals surface area contributed by atoms with Crippen LogP contribution in [-0.2, 0) is 0 Å². The van der Waals surface area contributed by atoms with Crippen molar-refractivity contribution in [1.29, 1.82) is 0 Å². The van der Waals surface area contributed by atoms with E-state index in [1.54, 1.807) is 14.2 Å². The van der Waals surface area contributed by atoms with Gasteiger partial charge in [-0.3, -0.25) is 0 Å². The summed E-state index contributed by atoms with van der Waals surface area (Å²) in [4.78, 5) is 0. The van der Waals surface area contributed by atoms with E-state index in [1.807, 2.05) is 6.07 Å². The molecule has 0 heterocycles. The highest BCUT2D eigenvalue weighted by Gasteiger charge is 2.17. The molecular weight excluding hydrogens is 250 g/mol. The Labute approximate surface area is 123 Å². The molecule has 3 unspecified atom stereocenters. The maximum absolute atomic E-state index is 5.39. The molecule has 0 aliphatic rings. The van der Waals surface area contributed by atoms with E-state index in [2.05, 4.69) is 45.1 Å². The summed E-state index contributed by atoms with van der Waals surface area (Å²) in [7, 11) is 3.34. The molecule has 3 atom stereocenters. The monoisotopic (exact) mass is 279 g/mol. The molecule has 1 rings (SSSR count). The van der Waals surface area contributed by atoms with Crippen molar-refractivity contribution in [2.24, 2.45) is 5.92 Å². The molecule has 0 saturated carbocycles. The topological polar surface area (TPSA) is 30.5 Å². The number of nitrogens with one attached hydrogen (secondary N) is 1. The maximum Gasteiger partial charge on any atom is 0.161 e. The molecule has 20 heavy (non-hydrogen) atoms. The van der Waals surface area contributed by atoms with Crippen LogP contribution >= 0.6 is 0 Å². The van der Waals surface area contributed by atoms with E-state index in [0.29, 0.717) is 18.0 Å². The Kier molecular flexibility index (Phi) is 6.86. The molecule has 1 N–H and O–H groups in total. The molecule has 0 saturated heterocycles. The molecule has 0 spiro atoms. The number of benzene rings is 1. The van der Waals surface area contributed by atoms with Crippen molar-refractivity contribution in [2.75, 3.05) is 14.2 Å². The van der Waals surface area contributed by atoms with Gasteiger partial charge in [-0.1, -0.05) is 33.3 Å². The molecule has 0 aliphatic carbocycles. The summed E-state index contributed by atoms with van der Waals surface area (Å²) in [6.07, 6.45) is 2.24. The van der Waals surface area contributed by atoms with Crippen LogP contribution in [0.25, 0.3) is 0 Å². The minimum absolute atomic E-state index is 0.346. The summed E-state index contributed by atoms with van der Waals surface area (Å²) >= 11 is 0. The van der Waals surface area contributed by atoms with Crippen molar-refractivity contribution in [2.45, 2.75) is 52.6 Å². The number of ether oxygens (including phenoxy) is 2. The van der Waals surface area contributed by atoms with Gasteiger partial charge in [0.05, 0.1) is 14.2 Å². The smallest absolute Gasteiger partial charge is 0.161 e. The Bertz CT molecular complexity index is 406. The standard InChI is InChI=1S/C17H29NO2/c1-7-12(3)13(4)18-15(8-2)14-9-10-16(19-5)17(11-14)20-6/h9-13,15,18H,7-8H2,1-6H3. The van der Waals surface area contributed by atoms with Gasteiger partial charge in [0.15, 0.2) is 11.5 Å². The van der Waals surface area contributed by atoms with E-state index in [-0.39, 0.29) is 0 Å². The summed E-state index contributed by atoms with van der Waals surface area (Å²) in [5.74, 6) is 2.24. The molecule has 3 nitrogen and oxygen atoms in total. The zero-order valence-electron chi connectivity index (χ0n) is 13.7. The third-order valence-corrected chi connectivity index (χ3v) is 4.18. The highest BCUT2D eigenvalue weighted by Crippen LogP contribution is 2.31. The normalized spacial score (nSPS) is 15.5. The van der Waals surface area contributed by atoms with Gasteiger partial charge < -0.3 is 14.8 Å². The third kappa shape index (κ3) is 4.14. The Balaban J connectivity index is 2.89. The fourth-order valence-corrected chi connectivity index (χ4v) is 2.35. The van der Waals surface area contributed by atoms with E-state index in [4.69, 9.17) is 9.47 Å². The number of methoxy groups -OCH3 is 2. The lowest BCUT2D eigenvalue weighted by atomic mass is 9.97. The average Bonchev–Trinajstić information content (AvgIpc) is 2.50. The van der Waals surface area contributed by atoms with Crippen LogP contribution in [0.1, 0.15) is 52.1 Å². The largest absolute Gasteiger partial charge is 0.493 e. The van der Waals surface area contributed by atoms with Gasteiger partial charge in [-0.25, -0.2) is 0 Å². The van der Waals surface area contributed by atoms with E-state index in [1.165, 1.54) is 12.0 Å². The summed E-state index contributed by atoms with van der Waals surface area (Å²) < 4.78 is 10.7. The molecular formula is C17H29NO2. The molecule has 114 valence electrons. The van der Waals surface area contributed by atoms with E-state index in [9.17, 15) is 0 Å². The zero-order valence-corrected chi connectivity index (χ0v) is 13.7. The van der Waals surface area contributed by atoms with E-state index in [0.717, 1.165) is 17.9 Å². The third-order valence-electron chi connectivity index (χ3n) is 4.18. The molecule has 0 fully saturated rings. The van der Waals surface area contributed by atoms with Crippen molar-refractivity contribution >= 4 is 0 Å². The lowest BCUT2D eigenvalue weighted by Gasteiger charge is -2.27. The molecule has 0 radical (unpaired) electrons. The predicted molar refractivity (Wildman–Crippen MR) is 84.6 cm³/mol. The lowest BCUT2D eigenvalue weighted by molar-refractivity contribution is 0.340. The Morgan fingerprint density at radius 1 is 1.00 bits per heavy atom. The average molecular weight is 279 g/mol. The van der Waals surface area contributed by atoms with Gasteiger partial charge >= 0.3 is 0 Å². The highest BCUT2D eigenvalue weighted by atomic mass is 16.5. The SMILES string of the molecule is CCC(NC(C)C(C)CC)c1ccc(OC)c(OC)c1. The molecule has 0 bridgehead atoms. The quantitative estimate of drug-likeness (QED) is 0.774. The van der Waals surface area contributed by atoms with Crippen molar-refractivity contribution in [3.63, 3.8) is 0 Å². The van der Waals surface area contributed by atoms with Gasteiger partial charge in [-0.05, 0) is 37.0 Å². The molecule has 0 aromatic heterocycles. The van der Waals surface area contributed by atoms with Crippen LogP contribution in [-0.4, -0.2) is 20.3 Å². The Morgan fingerprint density at radius 2 is 1.65 bits per heavy atom. The van der Waals surface area contributed by atoms with Crippen molar-refractivity contribution in [3.8, 4) is 11.5 Å². The summed E-state index contributed by atoms with van der Waals surface area (Å²) in [6, 6.07) is 7.01. The minimum Gasteiger partial charge on any atom is -0.493 e. The number of rotatable bonds is 8. The first-order valence-electron chi connectivity index (χ1n) is 7.55. The van der Waals surface area contributed by atoms with Gasteiger partial charge in [0, 0.05) is 12.1 Å². The molecule has 1 aromatic carbocycles. The first-order chi connectivity index (χ1) is 9.57. The van der Waals surface area contributed by atoms with Crippen LogP contribution in [0.4, 0.5) is 0 Å². The predicted octanol–water partition coefficient (Wildman–Crippen LogP) is 4.18. The molecule has 3 heteroatoms. The van der Waals surface area contributed by atoms with E-state index >= 15 is 0 Å². The van der Waals surface area contributed by atoms with Crippen LogP contribution < -0.4 is 14.8 Å². The lowest BCUT2D eigenvalue weighted by Crippen LogP contribution is -2.35. The summed E-state index contributed by atoms with van der Waals surface area (Å²) in [6.45, 7) is 8.99. The first kappa shape index (κ1) is 16.8. The minimum atomic E-state index is 0.346. The van der Waals surface area contributed by atoms with Gasteiger partial charge in [-0.2, -0.15) is 0 Å². The molecule has 0 amide bonds. The van der Waals surface area contributed by atoms with Crippen molar-refractivity contribution < 1.29 is 9.47 Å². The van der Waals surface area contributed by atoms with Gasteiger partial charge in [-0.15, -0.1) is 0 Å². The van der Waals surface area contributed by atoms with E-state index < -0.39 is 0 Å². The Hall–Kier alpha value is -1.22. The second kappa shape index (κ2) is 8.15. The first-order valence-corrected chi connectivity index (χ1v) is 7.55. The molecule has 0 aliphatic heterocycles. The molecule has 1 aromatic rings. The number of hydrogen-bond acceptors (Lipinski definition) is 3. The van der Waals surface area contributed by atoms with Gasteiger partial charge in [0.2, 0.25) is 0 Å². The number of hydrogen-bond donors (Lipinski definition) is 1. The van der Waals surface area contributed by atoms with Crippen LogP contribution in [0, 0.1) is 5.92 Å². The second-order valence-corrected chi connectivity index (χ2v) is 5.42. The highest BCUT2D eigenvalue weighted by molar-refractivity contribution is 5.43. The van der Waals surface area contributed by atoms with Gasteiger partial charge in [0.25, 0.3) is 0 Å².